The van der Waals surface area contributed by atoms with Gasteiger partial charge in [0.15, 0.2) is 21.3 Å². The van der Waals surface area contributed by atoms with Crippen LogP contribution in [0, 0.1) is 0 Å². The van der Waals surface area contributed by atoms with Crippen LogP contribution in [-0.4, -0.2) is 43.5 Å². The Balaban J connectivity index is 1.37. The summed E-state index contributed by atoms with van der Waals surface area (Å²) in [6, 6.07) is 13.4. The molecule has 0 saturated carbocycles. The summed E-state index contributed by atoms with van der Waals surface area (Å²) < 4.78 is 39.6. The number of carbonyl (C=O) groups is 1. The highest BCUT2D eigenvalue weighted by Gasteiger charge is 2.28. The maximum atomic E-state index is 12.4. The second kappa shape index (κ2) is 7.55. The molecule has 1 atom stereocenters. The molecule has 150 valence electrons. The molecule has 3 aromatic rings. The van der Waals surface area contributed by atoms with Gasteiger partial charge in [-0.25, -0.2) is 8.42 Å². The van der Waals surface area contributed by atoms with Gasteiger partial charge in [-0.1, -0.05) is 29.4 Å². The molecule has 0 saturated heterocycles. The molecule has 0 fully saturated rings. The number of rotatable bonds is 5. The summed E-state index contributed by atoms with van der Waals surface area (Å²) in [4.78, 5) is 12.6. The van der Waals surface area contributed by atoms with Crippen LogP contribution < -0.4 is 14.8 Å². The normalized spacial score (nSPS) is 15.7. The Morgan fingerprint density at radius 3 is 2.55 bits per heavy atom. The molecular formula is C19H17N3O6S. The molecule has 0 aliphatic carbocycles. The summed E-state index contributed by atoms with van der Waals surface area (Å²) in [5.74, 6) is 0.881. The number of fused-ring (bicyclic) bond motifs is 1. The maximum Gasteiger partial charge on any atom is 0.322 e. The number of anilines is 1. The summed E-state index contributed by atoms with van der Waals surface area (Å²) >= 11 is 0. The number of nitrogens with one attached hydrogen (secondary N) is 1. The average Bonchev–Trinajstić information content (AvgIpc) is 3.14. The van der Waals surface area contributed by atoms with E-state index in [2.05, 4.69) is 15.5 Å². The molecule has 10 heteroatoms. The first-order valence-corrected chi connectivity index (χ1v) is 10.6. The van der Waals surface area contributed by atoms with Crippen LogP contribution in [0.25, 0.3) is 0 Å². The van der Waals surface area contributed by atoms with E-state index in [0.29, 0.717) is 17.9 Å². The molecule has 1 unspecified atom stereocenters. The minimum absolute atomic E-state index is 0.0554. The first-order valence-electron chi connectivity index (χ1n) is 8.69. The van der Waals surface area contributed by atoms with Crippen LogP contribution in [0.1, 0.15) is 11.5 Å². The maximum absolute atomic E-state index is 12.4. The monoisotopic (exact) mass is 415 g/mol. The van der Waals surface area contributed by atoms with Crippen LogP contribution in [0.3, 0.4) is 0 Å². The van der Waals surface area contributed by atoms with E-state index in [9.17, 15) is 13.2 Å². The standard InChI is InChI=1S/C19H17N3O6S/c1-29(24,25)13-8-6-12(7-9-13)10-17-21-22-19(28-17)20-18(23)16-11-26-14-4-2-3-5-15(14)27-16/h2-9,16H,10-11H2,1H3,(H,20,22,23). The molecule has 0 bridgehead atoms. The number of carbonyl (C=O) groups excluding carboxylic acids is 1. The van der Waals surface area contributed by atoms with Gasteiger partial charge in [-0.05, 0) is 29.8 Å². The Morgan fingerprint density at radius 2 is 1.83 bits per heavy atom. The molecule has 1 N–H and O–H groups in total. The van der Waals surface area contributed by atoms with Crippen LogP contribution >= 0.6 is 0 Å². The summed E-state index contributed by atoms with van der Waals surface area (Å²) in [6.07, 6.45) is 0.599. The molecular weight excluding hydrogens is 398 g/mol. The number of para-hydroxylation sites is 2. The van der Waals surface area contributed by atoms with Gasteiger partial charge in [-0.15, -0.1) is 5.10 Å². The van der Waals surface area contributed by atoms with Crippen molar-refractivity contribution in [3.63, 3.8) is 0 Å². The smallest absolute Gasteiger partial charge is 0.322 e. The van der Waals surface area contributed by atoms with E-state index in [-0.39, 0.29) is 23.4 Å². The van der Waals surface area contributed by atoms with Gasteiger partial charge in [0.2, 0.25) is 12.0 Å². The fourth-order valence-corrected chi connectivity index (χ4v) is 3.37. The minimum Gasteiger partial charge on any atom is -0.485 e. The average molecular weight is 415 g/mol. The zero-order valence-electron chi connectivity index (χ0n) is 15.4. The molecule has 1 aliphatic rings. The lowest BCUT2D eigenvalue weighted by molar-refractivity contribution is -0.125. The quantitative estimate of drug-likeness (QED) is 0.670. The summed E-state index contributed by atoms with van der Waals surface area (Å²) in [5, 5.41) is 10.2. The highest BCUT2D eigenvalue weighted by atomic mass is 32.2. The van der Waals surface area contributed by atoms with E-state index in [1.807, 2.05) is 6.07 Å². The van der Waals surface area contributed by atoms with Gasteiger partial charge in [0, 0.05) is 6.26 Å². The summed E-state index contributed by atoms with van der Waals surface area (Å²) in [7, 11) is -3.25. The Kier molecular flexibility index (Phi) is 4.93. The van der Waals surface area contributed by atoms with Crippen LogP contribution in [-0.2, 0) is 21.1 Å². The second-order valence-corrected chi connectivity index (χ2v) is 8.46. The van der Waals surface area contributed by atoms with E-state index in [0.717, 1.165) is 11.8 Å². The van der Waals surface area contributed by atoms with Gasteiger partial charge < -0.3 is 13.9 Å². The van der Waals surface area contributed by atoms with E-state index in [1.165, 1.54) is 12.1 Å². The van der Waals surface area contributed by atoms with Crippen LogP contribution in [0.5, 0.6) is 11.5 Å². The van der Waals surface area contributed by atoms with Gasteiger partial charge in [0.1, 0.15) is 6.61 Å². The van der Waals surface area contributed by atoms with Gasteiger partial charge >= 0.3 is 6.01 Å². The predicted octanol–water partition coefficient (Wildman–Crippen LogP) is 1.84. The highest BCUT2D eigenvalue weighted by Crippen LogP contribution is 2.31. The summed E-state index contributed by atoms with van der Waals surface area (Å²) in [6.45, 7) is 0.0660. The van der Waals surface area contributed by atoms with E-state index in [4.69, 9.17) is 13.9 Å². The number of hydrogen-bond donors (Lipinski definition) is 1. The van der Waals surface area contributed by atoms with Crippen molar-refractivity contribution in [2.75, 3.05) is 18.2 Å². The number of hydrogen-bond acceptors (Lipinski definition) is 8. The SMILES string of the molecule is CS(=O)(=O)c1ccc(Cc2nnc(NC(=O)C3COc4ccccc4O3)o2)cc1. The Hall–Kier alpha value is -3.40. The third kappa shape index (κ3) is 4.37. The molecule has 2 heterocycles. The first-order chi connectivity index (χ1) is 13.9. The molecule has 9 nitrogen and oxygen atoms in total. The molecule has 0 radical (unpaired) electrons. The van der Waals surface area contributed by atoms with Crippen molar-refractivity contribution in [1.29, 1.82) is 0 Å². The van der Waals surface area contributed by atoms with Crippen molar-refractivity contribution in [3.05, 3.63) is 60.0 Å². The third-order valence-electron chi connectivity index (χ3n) is 4.20. The number of sulfone groups is 1. The molecule has 1 aliphatic heterocycles. The van der Waals surface area contributed by atoms with Crippen molar-refractivity contribution < 1.29 is 27.1 Å². The van der Waals surface area contributed by atoms with Gasteiger partial charge in [0.25, 0.3) is 5.91 Å². The van der Waals surface area contributed by atoms with Crippen molar-refractivity contribution in [2.24, 2.45) is 0 Å². The molecule has 29 heavy (non-hydrogen) atoms. The largest absolute Gasteiger partial charge is 0.485 e. The Labute approximate surface area is 166 Å². The lowest BCUT2D eigenvalue weighted by Crippen LogP contribution is -2.40. The molecule has 2 aromatic carbocycles. The number of ether oxygens (including phenoxy) is 2. The van der Waals surface area contributed by atoms with Gasteiger partial charge in [-0.3, -0.25) is 10.1 Å². The number of amides is 1. The first kappa shape index (κ1) is 18.9. The summed E-state index contributed by atoms with van der Waals surface area (Å²) in [5.41, 5.74) is 0.791. The lowest BCUT2D eigenvalue weighted by Gasteiger charge is -2.24. The van der Waals surface area contributed by atoms with Crippen molar-refractivity contribution in [3.8, 4) is 11.5 Å². The molecule has 4 rings (SSSR count). The van der Waals surface area contributed by atoms with Crippen LogP contribution in [0.15, 0.2) is 57.8 Å². The fourth-order valence-electron chi connectivity index (χ4n) is 2.74. The van der Waals surface area contributed by atoms with Gasteiger partial charge in [-0.2, -0.15) is 0 Å². The Morgan fingerprint density at radius 1 is 1.10 bits per heavy atom. The molecule has 0 spiro atoms. The Bertz CT molecular complexity index is 1140. The van der Waals surface area contributed by atoms with Crippen molar-refractivity contribution in [2.45, 2.75) is 17.4 Å². The van der Waals surface area contributed by atoms with Crippen molar-refractivity contribution >= 4 is 21.8 Å². The molecule has 1 aromatic heterocycles. The topological polar surface area (TPSA) is 121 Å². The van der Waals surface area contributed by atoms with Gasteiger partial charge in [0.05, 0.1) is 11.3 Å². The minimum atomic E-state index is -3.25. The lowest BCUT2D eigenvalue weighted by atomic mass is 10.1. The van der Waals surface area contributed by atoms with Crippen LogP contribution in [0.2, 0.25) is 0 Å². The number of aromatic nitrogens is 2. The third-order valence-corrected chi connectivity index (χ3v) is 5.33. The number of benzene rings is 2. The van der Waals surface area contributed by atoms with Crippen molar-refractivity contribution in [1.82, 2.24) is 10.2 Å². The second-order valence-electron chi connectivity index (χ2n) is 6.45. The zero-order valence-corrected chi connectivity index (χ0v) is 16.2. The van der Waals surface area contributed by atoms with E-state index >= 15 is 0 Å². The van der Waals surface area contributed by atoms with Crippen LogP contribution in [0.4, 0.5) is 6.01 Å². The van der Waals surface area contributed by atoms with E-state index in [1.54, 1.807) is 30.3 Å². The zero-order chi connectivity index (χ0) is 20.4. The fraction of sp³-hybridized carbons (Fsp3) is 0.211. The van der Waals surface area contributed by atoms with E-state index < -0.39 is 21.8 Å². The highest BCUT2D eigenvalue weighted by molar-refractivity contribution is 7.90. The molecule has 1 amide bonds. The number of nitrogens with zero attached hydrogens (tertiary/aromatic N) is 2. The predicted molar refractivity (Wildman–Crippen MR) is 102 cm³/mol.